The van der Waals surface area contributed by atoms with Crippen LogP contribution in [0.5, 0.6) is 0 Å². The van der Waals surface area contributed by atoms with Gasteiger partial charge in [0.15, 0.2) is 5.82 Å². The van der Waals surface area contributed by atoms with Gasteiger partial charge in [0, 0.05) is 83.1 Å². The summed E-state index contributed by atoms with van der Waals surface area (Å²) in [7, 11) is 1.86. The molecule has 4 heterocycles. The fourth-order valence-corrected chi connectivity index (χ4v) is 4.56. The Labute approximate surface area is 196 Å². The first kappa shape index (κ1) is 22.4. The van der Waals surface area contributed by atoms with Gasteiger partial charge in [0.2, 0.25) is 5.91 Å². The van der Waals surface area contributed by atoms with Crippen molar-refractivity contribution in [2.24, 2.45) is 7.05 Å². The lowest BCUT2D eigenvalue weighted by Crippen LogP contribution is -2.47. The van der Waals surface area contributed by atoms with E-state index in [-0.39, 0.29) is 5.91 Å². The maximum Gasteiger partial charge on any atom is 0.219 e. The van der Waals surface area contributed by atoms with E-state index >= 15 is 0 Å². The Morgan fingerprint density at radius 3 is 2.53 bits per heavy atom. The highest BCUT2D eigenvalue weighted by molar-refractivity contribution is 5.74. The molecule has 2 aliphatic heterocycles. The highest BCUT2D eigenvalue weighted by Gasteiger charge is 2.27. The van der Waals surface area contributed by atoms with E-state index in [9.17, 15) is 13.6 Å². The number of hydrogen-bond acceptors (Lipinski definition) is 6. The van der Waals surface area contributed by atoms with Crippen molar-refractivity contribution >= 4 is 11.7 Å². The van der Waals surface area contributed by atoms with E-state index in [1.165, 1.54) is 12.1 Å². The minimum absolute atomic E-state index is 0.0353. The predicted molar refractivity (Wildman–Crippen MR) is 123 cm³/mol. The molecular formula is C24H27F2N7O. The molecule has 0 bridgehead atoms. The second kappa shape index (κ2) is 9.09. The van der Waals surface area contributed by atoms with E-state index in [1.54, 1.807) is 22.7 Å². The molecule has 1 aromatic carbocycles. The molecule has 5 rings (SSSR count). The van der Waals surface area contributed by atoms with E-state index in [1.807, 2.05) is 13.2 Å². The van der Waals surface area contributed by atoms with Crippen molar-refractivity contribution in [3.63, 3.8) is 0 Å². The monoisotopic (exact) mass is 467 g/mol. The van der Waals surface area contributed by atoms with Crippen LogP contribution in [0.1, 0.15) is 23.9 Å². The van der Waals surface area contributed by atoms with Gasteiger partial charge >= 0.3 is 0 Å². The van der Waals surface area contributed by atoms with Gasteiger partial charge in [0.1, 0.15) is 17.3 Å². The van der Waals surface area contributed by atoms with Crippen molar-refractivity contribution in [3.05, 3.63) is 59.2 Å². The summed E-state index contributed by atoms with van der Waals surface area (Å²) in [5.74, 6) is -0.225. The van der Waals surface area contributed by atoms with Gasteiger partial charge in [-0.2, -0.15) is 5.10 Å². The maximum atomic E-state index is 14.1. The number of benzene rings is 1. The number of fused-ring (bicyclic) bond motifs is 1. The number of rotatable bonds is 4. The molecule has 0 unspecified atom stereocenters. The summed E-state index contributed by atoms with van der Waals surface area (Å²) in [6, 6.07) is 3.74. The Balaban J connectivity index is 1.38. The summed E-state index contributed by atoms with van der Waals surface area (Å²) in [6.45, 7) is 5.98. The normalized spacial score (nSPS) is 16.6. The number of aryl methyl sites for hydroxylation is 1. The van der Waals surface area contributed by atoms with Gasteiger partial charge in [-0.25, -0.2) is 18.7 Å². The third-order valence-corrected chi connectivity index (χ3v) is 6.50. The molecule has 0 radical (unpaired) electrons. The molecule has 178 valence electrons. The molecule has 0 spiro atoms. The van der Waals surface area contributed by atoms with Crippen LogP contribution >= 0.6 is 0 Å². The number of piperazine rings is 1. The average Bonchev–Trinajstić information content (AvgIpc) is 3.26. The number of hydrogen-bond donors (Lipinski definition) is 0. The molecule has 1 amide bonds. The van der Waals surface area contributed by atoms with Gasteiger partial charge in [0.25, 0.3) is 0 Å². The van der Waals surface area contributed by atoms with Crippen LogP contribution in [0, 0.1) is 11.6 Å². The summed E-state index contributed by atoms with van der Waals surface area (Å²) >= 11 is 0. The Morgan fingerprint density at radius 2 is 1.85 bits per heavy atom. The van der Waals surface area contributed by atoms with Crippen LogP contribution in [-0.2, 0) is 31.4 Å². The van der Waals surface area contributed by atoms with Crippen molar-refractivity contribution in [2.75, 3.05) is 37.6 Å². The zero-order valence-electron chi connectivity index (χ0n) is 19.3. The first-order chi connectivity index (χ1) is 16.4. The number of carbonyl (C=O) groups is 1. The molecule has 0 N–H and O–H groups in total. The minimum atomic E-state index is -0.564. The number of aromatic nitrogens is 4. The van der Waals surface area contributed by atoms with Crippen LogP contribution in [0.15, 0.2) is 30.6 Å². The lowest BCUT2D eigenvalue weighted by Gasteiger charge is -2.37. The first-order valence-corrected chi connectivity index (χ1v) is 11.4. The SMILES string of the molecule is CC(=O)N1CCc2nc(N3CCN(Cc4ccc(F)cc4F)CC3)c(-c3cnn(C)c3)nc2C1. The molecule has 1 fully saturated rings. The van der Waals surface area contributed by atoms with Crippen LogP contribution in [-0.4, -0.2) is 68.2 Å². The molecule has 10 heteroatoms. The fourth-order valence-electron chi connectivity index (χ4n) is 4.56. The standard InChI is InChI=1S/C24H27F2N7O/c1-16(34)33-6-5-21-22(15-33)28-23(18-12-27-30(2)13-18)24(29-21)32-9-7-31(8-10-32)14-17-3-4-19(25)11-20(17)26/h3-4,11-13H,5-10,14-15H2,1-2H3. The maximum absolute atomic E-state index is 14.1. The molecule has 0 saturated carbocycles. The lowest BCUT2D eigenvalue weighted by atomic mass is 10.1. The fraction of sp³-hybridized carbons (Fsp3) is 0.417. The highest BCUT2D eigenvalue weighted by Crippen LogP contribution is 2.31. The number of halogens is 2. The number of carbonyl (C=O) groups excluding carboxylic acids is 1. The molecule has 34 heavy (non-hydrogen) atoms. The third-order valence-electron chi connectivity index (χ3n) is 6.50. The van der Waals surface area contributed by atoms with Crippen molar-refractivity contribution in [3.8, 4) is 11.3 Å². The van der Waals surface area contributed by atoms with Gasteiger partial charge in [-0.1, -0.05) is 6.07 Å². The van der Waals surface area contributed by atoms with E-state index in [0.29, 0.717) is 44.7 Å². The van der Waals surface area contributed by atoms with Gasteiger partial charge in [-0.15, -0.1) is 0 Å². The topological polar surface area (TPSA) is 70.4 Å². The summed E-state index contributed by atoms with van der Waals surface area (Å²) in [5, 5.41) is 4.30. The Morgan fingerprint density at radius 1 is 1.06 bits per heavy atom. The van der Waals surface area contributed by atoms with Crippen LogP contribution in [0.4, 0.5) is 14.6 Å². The Bertz CT molecular complexity index is 1220. The zero-order chi connectivity index (χ0) is 23.8. The molecule has 3 aromatic rings. The lowest BCUT2D eigenvalue weighted by molar-refractivity contribution is -0.129. The molecule has 2 aliphatic rings. The predicted octanol–water partition coefficient (Wildman–Crippen LogP) is 2.38. The average molecular weight is 468 g/mol. The molecule has 0 atom stereocenters. The molecule has 2 aromatic heterocycles. The van der Waals surface area contributed by atoms with Crippen LogP contribution < -0.4 is 4.90 Å². The Hall–Kier alpha value is -3.40. The molecular weight excluding hydrogens is 440 g/mol. The highest BCUT2D eigenvalue weighted by atomic mass is 19.1. The van der Waals surface area contributed by atoms with Crippen molar-refractivity contribution in [1.82, 2.24) is 29.5 Å². The van der Waals surface area contributed by atoms with E-state index in [2.05, 4.69) is 14.9 Å². The largest absolute Gasteiger partial charge is 0.352 e. The summed E-state index contributed by atoms with van der Waals surface area (Å²) in [6.07, 6.45) is 4.37. The van der Waals surface area contributed by atoms with Crippen LogP contribution in [0.3, 0.4) is 0 Å². The number of anilines is 1. The number of amides is 1. The second-order valence-electron chi connectivity index (χ2n) is 8.88. The summed E-state index contributed by atoms with van der Waals surface area (Å²) < 4.78 is 29.1. The van der Waals surface area contributed by atoms with Gasteiger partial charge in [-0.05, 0) is 6.07 Å². The Kier molecular flexibility index (Phi) is 5.99. The van der Waals surface area contributed by atoms with Crippen molar-refractivity contribution in [1.29, 1.82) is 0 Å². The van der Waals surface area contributed by atoms with Crippen LogP contribution in [0.2, 0.25) is 0 Å². The van der Waals surface area contributed by atoms with Gasteiger partial charge in [0.05, 0.1) is 24.1 Å². The van der Waals surface area contributed by atoms with Gasteiger partial charge < -0.3 is 9.80 Å². The van der Waals surface area contributed by atoms with Crippen molar-refractivity contribution in [2.45, 2.75) is 26.4 Å². The molecule has 1 saturated heterocycles. The van der Waals surface area contributed by atoms with E-state index < -0.39 is 11.6 Å². The van der Waals surface area contributed by atoms with Crippen molar-refractivity contribution < 1.29 is 13.6 Å². The number of nitrogens with zero attached hydrogens (tertiary/aromatic N) is 7. The molecule has 0 aliphatic carbocycles. The van der Waals surface area contributed by atoms with Gasteiger partial charge in [-0.3, -0.25) is 14.4 Å². The quantitative estimate of drug-likeness (QED) is 0.587. The first-order valence-electron chi connectivity index (χ1n) is 11.4. The summed E-state index contributed by atoms with van der Waals surface area (Å²) in [4.78, 5) is 28.0. The zero-order valence-corrected chi connectivity index (χ0v) is 19.3. The van der Waals surface area contributed by atoms with E-state index in [0.717, 1.165) is 47.6 Å². The van der Waals surface area contributed by atoms with Crippen LogP contribution in [0.25, 0.3) is 11.3 Å². The van der Waals surface area contributed by atoms with E-state index in [4.69, 9.17) is 9.97 Å². The summed E-state index contributed by atoms with van der Waals surface area (Å²) in [5.41, 5.74) is 3.89. The second-order valence-corrected chi connectivity index (χ2v) is 8.88. The third kappa shape index (κ3) is 4.50. The minimum Gasteiger partial charge on any atom is -0.352 e. The smallest absolute Gasteiger partial charge is 0.219 e. The molecule has 8 nitrogen and oxygen atoms in total.